The lowest BCUT2D eigenvalue weighted by molar-refractivity contribution is -0.135. The van der Waals surface area contributed by atoms with Gasteiger partial charge in [-0.15, -0.1) is 0 Å². The second-order valence-corrected chi connectivity index (χ2v) is 9.69. The van der Waals surface area contributed by atoms with Crippen LogP contribution in [0.2, 0.25) is 0 Å². The van der Waals surface area contributed by atoms with Gasteiger partial charge < -0.3 is 14.8 Å². The van der Waals surface area contributed by atoms with Gasteiger partial charge in [0.25, 0.3) is 5.91 Å². The van der Waals surface area contributed by atoms with E-state index in [1.54, 1.807) is 23.9 Å². The van der Waals surface area contributed by atoms with Crippen molar-refractivity contribution in [2.45, 2.75) is 58.8 Å². The van der Waals surface area contributed by atoms with Crippen LogP contribution in [-0.4, -0.2) is 50.4 Å². The van der Waals surface area contributed by atoms with Gasteiger partial charge in [-0.05, 0) is 70.4 Å². The Morgan fingerprint density at radius 2 is 1.64 bits per heavy atom. The number of amides is 2. The molecule has 1 heterocycles. The Kier molecular flexibility index (Phi) is 8.55. The third-order valence-electron chi connectivity index (χ3n) is 5.64. The Labute approximate surface area is 200 Å². The molecule has 0 saturated carbocycles. The van der Waals surface area contributed by atoms with Crippen LogP contribution in [0.5, 0.6) is 0 Å². The fourth-order valence-corrected chi connectivity index (χ4v) is 4.72. The molecule has 1 aromatic heterocycles. The first kappa shape index (κ1) is 24.8. The number of para-hydroxylation sites is 2. The van der Waals surface area contributed by atoms with Gasteiger partial charge in [0, 0.05) is 17.6 Å². The van der Waals surface area contributed by atoms with Crippen molar-refractivity contribution < 1.29 is 9.59 Å². The lowest BCUT2D eigenvalue weighted by Gasteiger charge is -2.31. The van der Waals surface area contributed by atoms with Crippen molar-refractivity contribution in [3.63, 3.8) is 0 Å². The fourth-order valence-electron chi connectivity index (χ4n) is 4.25. The maximum atomic E-state index is 13.4. The molecule has 1 N–H and O–H groups in total. The van der Waals surface area contributed by atoms with E-state index in [0.29, 0.717) is 5.56 Å². The fraction of sp³-hybridized carbons (Fsp3) is 0.423. The lowest BCUT2D eigenvalue weighted by Crippen LogP contribution is -2.44. The molecule has 2 amide bonds. The van der Waals surface area contributed by atoms with Gasteiger partial charge in [-0.2, -0.15) is 11.8 Å². The number of carbonyl (C=O) groups is 2. The molecule has 6 nitrogen and oxygen atoms in total. The zero-order chi connectivity index (χ0) is 24.0. The van der Waals surface area contributed by atoms with E-state index in [9.17, 15) is 9.59 Å². The summed E-state index contributed by atoms with van der Waals surface area (Å²) in [4.78, 5) is 33.1. The Balaban J connectivity index is 2.01. The summed E-state index contributed by atoms with van der Waals surface area (Å²) < 4.78 is 1.98. The Morgan fingerprint density at radius 3 is 2.27 bits per heavy atom. The average molecular weight is 467 g/mol. The summed E-state index contributed by atoms with van der Waals surface area (Å²) in [6.45, 7) is 8.32. The van der Waals surface area contributed by atoms with E-state index in [1.165, 1.54) is 0 Å². The van der Waals surface area contributed by atoms with Crippen LogP contribution in [0.4, 0.5) is 0 Å². The maximum absolute atomic E-state index is 13.4. The zero-order valence-corrected chi connectivity index (χ0v) is 20.9. The van der Waals surface area contributed by atoms with Crippen molar-refractivity contribution in [2.24, 2.45) is 0 Å². The molecule has 3 aromatic rings. The van der Waals surface area contributed by atoms with E-state index in [-0.39, 0.29) is 36.5 Å². The van der Waals surface area contributed by atoms with Crippen LogP contribution in [0.25, 0.3) is 11.0 Å². The summed E-state index contributed by atoms with van der Waals surface area (Å²) >= 11 is 1.72. The van der Waals surface area contributed by atoms with E-state index >= 15 is 0 Å². The Morgan fingerprint density at radius 1 is 1.00 bits per heavy atom. The number of benzene rings is 2. The largest absolute Gasteiger partial charge is 0.342 e. The molecule has 0 bridgehead atoms. The predicted molar refractivity (Wildman–Crippen MR) is 136 cm³/mol. The van der Waals surface area contributed by atoms with Crippen molar-refractivity contribution >= 4 is 34.6 Å². The number of carbonyl (C=O) groups excluding carboxylic acids is 2. The molecular formula is C26H34N4O2S. The van der Waals surface area contributed by atoms with Crippen LogP contribution in [0, 0.1) is 0 Å². The molecule has 3 rings (SSSR count). The number of fused-ring (bicyclic) bond motifs is 1. The van der Waals surface area contributed by atoms with Gasteiger partial charge in [0.2, 0.25) is 5.91 Å². The van der Waals surface area contributed by atoms with Crippen molar-refractivity contribution in [3.05, 3.63) is 66.0 Å². The van der Waals surface area contributed by atoms with Crippen LogP contribution in [0.3, 0.4) is 0 Å². The van der Waals surface area contributed by atoms with Crippen LogP contribution < -0.4 is 5.32 Å². The van der Waals surface area contributed by atoms with Gasteiger partial charge in [0.05, 0.1) is 17.1 Å². The van der Waals surface area contributed by atoms with E-state index in [2.05, 4.69) is 5.32 Å². The number of aromatic nitrogens is 2. The van der Waals surface area contributed by atoms with Crippen molar-refractivity contribution in [1.29, 1.82) is 0 Å². The molecule has 0 aliphatic heterocycles. The van der Waals surface area contributed by atoms with E-state index in [0.717, 1.165) is 29.0 Å². The quantitative estimate of drug-likeness (QED) is 0.461. The second kappa shape index (κ2) is 11.4. The van der Waals surface area contributed by atoms with Crippen LogP contribution in [0.15, 0.2) is 54.6 Å². The van der Waals surface area contributed by atoms with Gasteiger partial charge in [0.15, 0.2) is 0 Å². The highest BCUT2D eigenvalue weighted by molar-refractivity contribution is 7.98. The summed E-state index contributed by atoms with van der Waals surface area (Å²) in [7, 11) is 0. The Bertz CT molecular complexity index is 1070. The van der Waals surface area contributed by atoms with Crippen LogP contribution >= 0.6 is 11.8 Å². The summed E-state index contributed by atoms with van der Waals surface area (Å²) in [5, 5.41) is 3.17. The molecule has 0 fully saturated rings. The van der Waals surface area contributed by atoms with Crippen molar-refractivity contribution in [2.75, 3.05) is 12.0 Å². The molecule has 2 aromatic carbocycles. The summed E-state index contributed by atoms with van der Waals surface area (Å²) in [6, 6.07) is 16.9. The first-order chi connectivity index (χ1) is 15.8. The predicted octanol–water partition coefficient (Wildman–Crippen LogP) is 4.91. The lowest BCUT2D eigenvalue weighted by atomic mass is 10.1. The number of rotatable bonds is 10. The van der Waals surface area contributed by atoms with Gasteiger partial charge in [-0.1, -0.05) is 30.3 Å². The molecule has 0 spiro atoms. The molecule has 0 unspecified atom stereocenters. The summed E-state index contributed by atoms with van der Waals surface area (Å²) in [5.74, 6) is 1.48. The van der Waals surface area contributed by atoms with Gasteiger partial charge in [-0.3, -0.25) is 9.59 Å². The van der Waals surface area contributed by atoms with Gasteiger partial charge in [0.1, 0.15) is 12.4 Å². The molecule has 0 aliphatic carbocycles. The van der Waals surface area contributed by atoms with Crippen molar-refractivity contribution in [3.8, 4) is 0 Å². The number of imidazole rings is 1. The molecule has 0 saturated heterocycles. The number of thioether (sulfide) groups is 1. The smallest absolute Gasteiger partial charge is 0.251 e. The highest BCUT2D eigenvalue weighted by atomic mass is 32.2. The van der Waals surface area contributed by atoms with Gasteiger partial charge >= 0.3 is 0 Å². The minimum absolute atomic E-state index is 0.0439. The number of hydrogen-bond donors (Lipinski definition) is 1. The van der Waals surface area contributed by atoms with E-state index in [4.69, 9.17) is 4.98 Å². The standard InChI is InChI=1S/C26H34N4O2S/c1-18(2)30(19(3)4)24(31)17-29-23-14-10-9-13-21(23)27-25(29)22(15-16-33-5)28-26(32)20-11-7-6-8-12-20/h6-14,18-19,22H,15-17H2,1-5H3,(H,28,32)/t22-/m0/s1. The summed E-state index contributed by atoms with van der Waals surface area (Å²) in [5.41, 5.74) is 2.33. The molecule has 7 heteroatoms. The number of hydrogen-bond acceptors (Lipinski definition) is 4. The van der Waals surface area contributed by atoms with E-state index < -0.39 is 0 Å². The second-order valence-electron chi connectivity index (χ2n) is 8.71. The molecule has 176 valence electrons. The third-order valence-corrected chi connectivity index (χ3v) is 6.29. The number of nitrogens with zero attached hydrogens (tertiary/aromatic N) is 3. The number of nitrogens with one attached hydrogen (secondary N) is 1. The molecular weight excluding hydrogens is 432 g/mol. The maximum Gasteiger partial charge on any atom is 0.251 e. The first-order valence-corrected chi connectivity index (χ1v) is 12.8. The first-order valence-electron chi connectivity index (χ1n) is 11.4. The Hall–Kier alpha value is -2.80. The van der Waals surface area contributed by atoms with Crippen molar-refractivity contribution in [1.82, 2.24) is 19.8 Å². The topological polar surface area (TPSA) is 67.2 Å². The minimum atomic E-state index is -0.308. The van der Waals surface area contributed by atoms with E-state index in [1.807, 2.05) is 85.9 Å². The van der Waals surface area contributed by atoms with Crippen LogP contribution in [-0.2, 0) is 11.3 Å². The summed E-state index contributed by atoms with van der Waals surface area (Å²) in [6.07, 6.45) is 2.76. The van der Waals surface area contributed by atoms with Crippen LogP contribution in [0.1, 0.15) is 56.3 Å². The molecule has 0 radical (unpaired) electrons. The SMILES string of the molecule is CSCC[C@H](NC(=O)c1ccccc1)c1nc2ccccc2n1CC(=O)N(C(C)C)C(C)C. The third kappa shape index (κ3) is 5.96. The monoisotopic (exact) mass is 466 g/mol. The molecule has 1 atom stereocenters. The highest BCUT2D eigenvalue weighted by Gasteiger charge is 2.26. The highest BCUT2D eigenvalue weighted by Crippen LogP contribution is 2.25. The minimum Gasteiger partial charge on any atom is -0.342 e. The normalized spacial score (nSPS) is 12.3. The molecule has 33 heavy (non-hydrogen) atoms. The zero-order valence-electron chi connectivity index (χ0n) is 20.1. The average Bonchev–Trinajstić information content (AvgIpc) is 3.14. The van der Waals surface area contributed by atoms with Gasteiger partial charge in [-0.25, -0.2) is 4.98 Å². The molecule has 0 aliphatic rings.